The average molecular weight is 417 g/mol. The summed E-state index contributed by atoms with van der Waals surface area (Å²) in [6, 6.07) is 18.5. The molecule has 0 unspecified atom stereocenters. The molecule has 0 bridgehead atoms. The molecule has 0 fully saturated rings. The molecule has 4 rings (SSSR count). The summed E-state index contributed by atoms with van der Waals surface area (Å²) in [5, 5.41) is 7.42. The van der Waals surface area contributed by atoms with E-state index in [2.05, 4.69) is 55.3 Å². The highest BCUT2D eigenvalue weighted by atomic mass is 32.1. The lowest BCUT2D eigenvalue weighted by Gasteiger charge is -2.17. The number of hydrogen-bond donors (Lipinski definition) is 0. The van der Waals surface area contributed by atoms with Crippen molar-refractivity contribution >= 4 is 23.4 Å². The van der Waals surface area contributed by atoms with Gasteiger partial charge in [-0.05, 0) is 25.3 Å². The number of hydrogen-bond acceptors (Lipinski definition) is 4. The predicted molar refractivity (Wildman–Crippen MR) is 122 cm³/mol. The molecule has 0 saturated carbocycles. The molecule has 0 aliphatic rings. The molecule has 2 aromatic carbocycles. The van der Waals surface area contributed by atoms with Crippen LogP contribution >= 0.6 is 11.3 Å². The van der Waals surface area contributed by atoms with Crippen molar-refractivity contribution in [2.75, 3.05) is 11.4 Å². The van der Waals surface area contributed by atoms with E-state index >= 15 is 0 Å². The Morgan fingerprint density at radius 1 is 1.10 bits per heavy atom. The van der Waals surface area contributed by atoms with Gasteiger partial charge in [0.15, 0.2) is 0 Å². The minimum absolute atomic E-state index is 0.610. The maximum Gasteiger partial charge on any atom is 0.214 e. The molecular weight excluding hydrogens is 392 g/mol. The monoisotopic (exact) mass is 416 g/mol. The fourth-order valence-electron chi connectivity index (χ4n) is 3.44. The third-order valence-corrected chi connectivity index (χ3v) is 5.94. The van der Waals surface area contributed by atoms with E-state index in [0.717, 1.165) is 47.0 Å². The van der Waals surface area contributed by atoms with Crippen LogP contribution in [0.3, 0.4) is 0 Å². The third kappa shape index (κ3) is 4.19. The van der Waals surface area contributed by atoms with Crippen molar-refractivity contribution in [3.05, 3.63) is 83.0 Å². The second-order valence-electron chi connectivity index (χ2n) is 7.16. The number of benzene rings is 2. The summed E-state index contributed by atoms with van der Waals surface area (Å²) in [5.41, 5.74) is 6.29. The molecule has 0 N–H and O–H groups in total. The van der Waals surface area contributed by atoms with Gasteiger partial charge in [0, 0.05) is 17.5 Å². The number of thiazole rings is 1. The van der Waals surface area contributed by atoms with Gasteiger partial charge in [-0.1, -0.05) is 67.1 Å². The predicted octanol–water partition coefficient (Wildman–Crippen LogP) is 5.07. The highest BCUT2D eigenvalue weighted by molar-refractivity contribution is 7.12. The molecule has 0 aliphatic carbocycles. The van der Waals surface area contributed by atoms with Crippen LogP contribution in [-0.2, 0) is 17.6 Å². The zero-order chi connectivity index (χ0) is 20.9. The zero-order valence-corrected chi connectivity index (χ0v) is 18.0. The Bertz CT molecular complexity index is 1120. The second kappa shape index (κ2) is 9.05. The Morgan fingerprint density at radius 2 is 1.87 bits per heavy atom. The molecule has 5 nitrogen and oxygen atoms in total. The van der Waals surface area contributed by atoms with Gasteiger partial charge in [0.2, 0.25) is 11.5 Å². The van der Waals surface area contributed by atoms with Crippen molar-refractivity contribution < 1.29 is 4.79 Å². The molecule has 152 valence electrons. The number of carbonyl (C=O) groups is 1. The SMILES string of the molecule is CCc1c(N(C=O)CCc2ccccc2)cnn1-c1nc(-c2ccc(C)cc2)cs1. The minimum Gasteiger partial charge on any atom is -0.312 e. The lowest BCUT2D eigenvalue weighted by molar-refractivity contribution is -0.107. The summed E-state index contributed by atoms with van der Waals surface area (Å²) >= 11 is 1.56. The normalized spacial score (nSPS) is 10.9. The van der Waals surface area contributed by atoms with Gasteiger partial charge in [0.05, 0.1) is 23.3 Å². The summed E-state index contributed by atoms with van der Waals surface area (Å²) in [6.07, 6.45) is 4.21. The van der Waals surface area contributed by atoms with Crippen molar-refractivity contribution in [2.24, 2.45) is 0 Å². The average Bonchev–Trinajstić information content (AvgIpc) is 3.43. The number of aryl methyl sites for hydroxylation is 1. The van der Waals surface area contributed by atoms with Gasteiger partial charge < -0.3 is 4.90 Å². The Kier molecular flexibility index (Phi) is 6.05. The smallest absolute Gasteiger partial charge is 0.214 e. The van der Waals surface area contributed by atoms with Crippen LogP contribution in [0.5, 0.6) is 0 Å². The van der Waals surface area contributed by atoms with Crippen LogP contribution in [0.1, 0.15) is 23.7 Å². The second-order valence-corrected chi connectivity index (χ2v) is 7.99. The highest BCUT2D eigenvalue weighted by Gasteiger charge is 2.18. The molecule has 2 heterocycles. The number of anilines is 1. The first-order valence-electron chi connectivity index (χ1n) is 10.0. The Morgan fingerprint density at radius 3 is 2.57 bits per heavy atom. The first-order chi connectivity index (χ1) is 14.7. The van der Waals surface area contributed by atoms with Gasteiger partial charge in [-0.2, -0.15) is 5.10 Å². The third-order valence-electron chi connectivity index (χ3n) is 5.12. The van der Waals surface area contributed by atoms with Crippen molar-refractivity contribution in [3.8, 4) is 16.4 Å². The summed E-state index contributed by atoms with van der Waals surface area (Å²) < 4.78 is 1.86. The molecule has 0 atom stereocenters. The number of aromatic nitrogens is 3. The van der Waals surface area contributed by atoms with E-state index in [1.54, 1.807) is 22.4 Å². The van der Waals surface area contributed by atoms with Crippen molar-refractivity contribution in [2.45, 2.75) is 26.7 Å². The van der Waals surface area contributed by atoms with Crippen molar-refractivity contribution in [1.29, 1.82) is 0 Å². The summed E-state index contributed by atoms with van der Waals surface area (Å²) in [7, 11) is 0. The number of carbonyl (C=O) groups excluding carboxylic acids is 1. The topological polar surface area (TPSA) is 51.0 Å². The highest BCUT2D eigenvalue weighted by Crippen LogP contribution is 2.28. The molecule has 0 spiro atoms. The summed E-state index contributed by atoms with van der Waals surface area (Å²) in [4.78, 5) is 18.4. The largest absolute Gasteiger partial charge is 0.312 e. The van der Waals surface area contributed by atoms with Crippen LogP contribution in [0.2, 0.25) is 0 Å². The maximum absolute atomic E-state index is 11.8. The zero-order valence-electron chi connectivity index (χ0n) is 17.2. The van der Waals surface area contributed by atoms with E-state index in [1.807, 2.05) is 28.3 Å². The molecule has 0 aliphatic heterocycles. The molecule has 6 heteroatoms. The van der Waals surface area contributed by atoms with E-state index in [1.165, 1.54) is 11.1 Å². The molecule has 0 saturated heterocycles. The first kappa shape index (κ1) is 20.0. The fraction of sp³-hybridized carbons (Fsp3) is 0.208. The van der Waals surface area contributed by atoms with E-state index in [4.69, 9.17) is 4.98 Å². The summed E-state index contributed by atoms with van der Waals surface area (Å²) in [5.74, 6) is 0. The van der Waals surface area contributed by atoms with Crippen LogP contribution in [0.15, 0.2) is 66.2 Å². The molecule has 2 aromatic heterocycles. The summed E-state index contributed by atoms with van der Waals surface area (Å²) in [6.45, 7) is 4.76. The quantitative estimate of drug-likeness (QED) is 0.377. The maximum atomic E-state index is 11.8. The van der Waals surface area contributed by atoms with Gasteiger partial charge in [-0.25, -0.2) is 9.67 Å². The van der Waals surface area contributed by atoms with E-state index in [-0.39, 0.29) is 0 Å². The number of amides is 1. The standard InChI is InChI=1S/C24H24N4OS/c1-3-22-23(27(17-29)14-13-19-7-5-4-6-8-19)15-25-28(22)24-26-21(16-30-24)20-11-9-18(2)10-12-20/h4-12,15-17H,3,13-14H2,1-2H3. The number of nitrogens with zero attached hydrogens (tertiary/aromatic N) is 4. The Hall–Kier alpha value is -3.25. The van der Waals surface area contributed by atoms with E-state index in [9.17, 15) is 4.79 Å². The van der Waals surface area contributed by atoms with Crippen LogP contribution in [0.25, 0.3) is 16.4 Å². The molecule has 30 heavy (non-hydrogen) atoms. The lowest BCUT2D eigenvalue weighted by atomic mass is 10.1. The van der Waals surface area contributed by atoms with Crippen LogP contribution in [0.4, 0.5) is 5.69 Å². The fourth-order valence-corrected chi connectivity index (χ4v) is 4.26. The van der Waals surface area contributed by atoms with Gasteiger partial charge in [-0.15, -0.1) is 11.3 Å². The molecule has 0 radical (unpaired) electrons. The minimum atomic E-state index is 0.610. The van der Waals surface area contributed by atoms with Crippen LogP contribution in [-0.4, -0.2) is 27.7 Å². The molecular formula is C24H24N4OS. The van der Waals surface area contributed by atoms with Crippen molar-refractivity contribution in [1.82, 2.24) is 14.8 Å². The van der Waals surface area contributed by atoms with Crippen LogP contribution < -0.4 is 4.90 Å². The van der Waals surface area contributed by atoms with Gasteiger partial charge in [0.25, 0.3) is 0 Å². The van der Waals surface area contributed by atoms with Crippen molar-refractivity contribution in [3.63, 3.8) is 0 Å². The molecule has 1 amide bonds. The van der Waals surface area contributed by atoms with Crippen LogP contribution in [0, 0.1) is 6.92 Å². The Balaban J connectivity index is 1.58. The molecule has 4 aromatic rings. The van der Waals surface area contributed by atoms with Gasteiger partial charge in [-0.3, -0.25) is 4.79 Å². The van der Waals surface area contributed by atoms with Gasteiger partial charge >= 0.3 is 0 Å². The lowest BCUT2D eigenvalue weighted by Crippen LogP contribution is -2.24. The first-order valence-corrected chi connectivity index (χ1v) is 10.9. The Labute approximate surface area is 180 Å². The number of rotatable bonds is 8. The van der Waals surface area contributed by atoms with E-state index in [0.29, 0.717) is 6.54 Å². The van der Waals surface area contributed by atoms with E-state index < -0.39 is 0 Å². The van der Waals surface area contributed by atoms with Gasteiger partial charge in [0.1, 0.15) is 0 Å².